The van der Waals surface area contributed by atoms with Crippen LogP contribution < -0.4 is 19.7 Å². The van der Waals surface area contributed by atoms with Crippen molar-refractivity contribution in [3.8, 4) is 11.6 Å². The number of aromatic nitrogens is 3. The molecule has 0 bridgehead atoms. The maximum absolute atomic E-state index is 13.0. The van der Waals surface area contributed by atoms with Crippen molar-refractivity contribution < 1.29 is 14.3 Å². The minimum Gasteiger partial charge on any atom is -0.497 e. The average molecular weight is 489 g/mol. The predicted octanol–water partition coefficient (Wildman–Crippen LogP) is 4.22. The minimum absolute atomic E-state index is 0.0124. The maximum atomic E-state index is 13.0. The van der Waals surface area contributed by atoms with E-state index in [1.807, 2.05) is 48.2 Å². The number of amides is 1. The van der Waals surface area contributed by atoms with Crippen LogP contribution in [0.25, 0.3) is 0 Å². The van der Waals surface area contributed by atoms with E-state index >= 15 is 0 Å². The van der Waals surface area contributed by atoms with Crippen molar-refractivity contribution in [2.45, 2.75) is 38.7 Å². The topological polar surface area (TPSA) is 92.7 Å². The Morgan fingerprint density at radius 1 is 1.00 bits per heavy atom. The van der Waals surface area contributed by atoms with Gasteiger partial charge in [-0.1, -0.05) is 0 Å². The summed E-state index contributed by atoms with van der Waals surface area (Å²) in [5.74, 6) is 2.78. The zero-order valence-corrected chi connectivity index (χ0v) is 20.8. The minimum atomic E-state index is -0.0124. The number of pyridine rings is 1. The number of nitrogens with zero attached hydrogens (tertiary/aromatic N) is 5. The molecule has 0 spiro atoms. The van der Waals surface area contributed by atoms with E-state index < -0.39 is 0 Å². The van der Waals surface area contributed by atoms with Gasteiger partial charge in [0.25, 0.3) is 5.91 Å². The number of carbonyl (C=O) groups is 1. The van der Waals surface area contributed by atoms with Gasteiger partial charge in [0.15, 0.2) is 0 Å². The first-order valence-electron chi connectivity index (χ1n) is 12.5. The molecule has 1 saturated heterocycles. The van der Waals surface area contributed by atoms with Crippen LogP contribution in [0.1, 0.15) is 41.7 Å². The third-order valence-electron chi connectivity index (χ3n) is 6.63. The number of aryl methyl sites for hydroxylation is 1. The Bertz CT molecular complexity index is 1170. The summed E-state index contributed by atoms with van der Waals surface area (Å²) in [5.41, 5.74) is 2.38. The number of carbonyl (C=O) groups excluding carboxylic acids is 1. The first-order valence-corrected chi connectivity index (χ1v) is 12.5. The lowest BCUT2D eigenvalue weighted by atomic mass is 10.2. The number of hydrogen-bond donors (Lipinski definition) is 1. The Labute approximate surface area is 211 Å². The summed E-state index contributed by atoms with van der Waals surface area (Å²) >= 11 is 0. The van der Waals surface area contributed by atoms with Crippen molar-refractivity contribution in [1.29, 1.82) is 0 Å². The van der Waals surface area contributed by atoms with Gasteiger partial charge in [-0.15, -0.1) is 0 Å². The van der Waals surface area contributed by atoms with E-state index in [2.05, 4.69) is 20.2 Å². The van der Waals surface area contributed by atoms with Crippen molar-refractivity contribution in [3.05, 3.63) is 59.9 Å². The summed E-state index contributed by atoms with van der Waals surface area (Å²) in [4.78, 5) is 30.7. The van der Waals surface area contributed by atoms with Crippen LogP contribution >= 0.6 is 0 Å². The van der Waals surface area contributed by atoms with Crippen LogP contribution in [0.4, 0.5) is 17.5 Å². The first kappa shape index (κ1) is 23.8. The molecule has 0 unspecified atom stereocenters. The predicted molar refractivity (Wildman–Crippen MR) is 138 cm³/mol. The van der Waals surface area contributed by atoms with E-state index in [1.54, 1.807) is 19.4 Å². The molecule has 5 rings (SSSR count). The summed E-state index contributed by atoms with van der Waals surface area (Å²) in [7, 11) is 1.65. The molecule has 36 heavy (non-hydrogen) atoms. The maximum Gasteiger partial charge on any atom is 0.255 e. The molecule has 3 heterocycles. The highest BCUT2D eigenvalue weighted by molar-refractivity contribution is 5.94. The third-order valence-corrected chi connectivity index (χ3v) is 6.63. The summed E-state index contributed by atoms with van der Waals surface area (Å²) in [5, 5.41) is 3.34. The van der Waals surface area contributed by atoms with Gasteiger partial charge >= 0.3 is 0 Å². The van der Waals surface area contributed by atoms with Crippen molar-refractivity contribution in [2.24, 2.45) is 0 Å². The summed E-state index contributed by atoms with van der Waals surface area (Å²) in [6.07, 6.45) is 6.46. The quantitative estimate of drug-likeness (QED) is 0.529. The van der Waals surface area contributed by atoms with Gasteiger partial charge in [0.1, 0.15) is 17.7 Å². The molecular formula is C27H32N6O3. The standard InChI is InChI=1S/C27H32N6O3/c1-19-17-24(30-21-8-10-22(35-2)11-9-21)31-27(29-19)33-15-13-32(14-16-33)26(34)20-7-12-25(28-18-20)36-23-5-3-4-6-23/h7-12,17-18,23H,3-6,13-16H2,1-2H3,(H,29,30,31). The lowest BCUT2D eigenvalue weighted by molar-refractivity contribution is 0.0745. The second kappa shape index (κ2) is 10.8. The molecule has 9 nitrogen and oxygen atoms in total. The molecule has 2 aliphatic rings. The van der Waals surface area contributed by atoms with Crippen LogP contribution in [0.3, 0.4) is 0 Å². The third kappa shape index (κ3) is 5.67. The van der Waals surface area contributed by atoms with E-state index in [4.69, 9.17) is 14.5 Å². The summed E-state index contributed by atoms with van der Waals surface area (Å²) < 4.78 is 11.1. The Kier molecular flexibility index (Phi) is 7.16. The Balaban J connectivity index is 1.18. The number of rotatable bonds is 7. The second-order valence-electron chi connectivity index (χ2n) is 9.24. The highest BCUT2D eigenvalue weighted by Crippen LogP contribution is 2.24. The molecule has 1 N–H and O–H groups in total. The lowest BCUT2D eigenvalue weighted by Gasteiger charge is -2.35. The fraction of sp³-hybridized carbons (Fsp3) is 0.407. The highest BCUT2D eigenvalue weighted by atomic mass is 16.5. The van der Waals surface area contributed by atoms with Crippen LogP contribution in [0.15, 0.2) is 48.7 Å². The number of nitrogens with one attached hydrogen (secondary N) is 1. The molecule has 1 aliphatic carbocycles. The highest BCUT2D eigenvalue weighted by Gasteiger charge is 2.24. The molecule has 188 valence electrons. The smallest absolute Gasteiger partial charge is 0.255 e. The van der Waals surface area contributed by atoms with E-state index in [0.717, 1.165) is 35.8 Å². The Morgan fingerprint density at radius 3 is 2.42 bits per heavy atom. The number of anilines is 3. The Hall–Kier alpha value is -3.88. The molecule has 1 aromatic carbocycles. The number of hydrogen-bond acceptors (Lipinski definition) is 8. The monoisotopic (exact) mass is 488 g/mol. The van der Waals surface area contributed by atoms with Crippen molar-refractivity contribution in [1.82, 2.24) is 19.9 Å². The molecule has 0 atom stereocenters. The zero-order valence-electron chi connectivity index (χ0n) is 20.8. The first-order chi connectivity index (χ1) is 17.6. The average Bonchev–Trinajstić information content (AvgIpc) is 3.42. The number of piperazine rings is 1. The largest absolute Gasteiger partial charge is 0.497 e. The number of methoxy groups -OCH3 is 1. The van der Waals surface area contributed by atoms with E-state index in [0.29, 0.717) is 43.6 Å². The van der Waals surface area contributed by atoms with Gasteiger partial charge in [0.2, 0.25) is 11.8 Å². The van der Waals surface area contributed by atoms with Crippen molar-refractivity contribution in [2.75, 3.05) is 43.5 Å². The van der Waals surface area contributed by atoms with Gasteiger partial charge in [-0.25, -0.2) is 9.97 Å². The van der Waals surface area contributed by atoms with Gasteiger partial charge < -0.3 is 24.6 Å². The second-order valence-corrected chi connectivity index (χ2v) is 9.24. The normalized spacial score (nSPS) is 16.2. The fourth-order valence-electron chi connectivity index (χ4n) is 4.63. The van der Waals surface area contributed by atoms with Gasteiger partial charge in [0.05, 0.1) is 12.7 Å². The Morgan fingerprint density at radius 2 is 1.75 bits per heavy atom. The molecule has 0 radical (unpaired) electrons. The van der Waals surface area contributed by atoms with Crippen molar-refractivity contribution >= 4 is 23.4 Å². The fourth-order valence-corrected chi connectivity index (χ4v) is 4.63. The van der Waals surface area contributed by atoms with E-state index in [1.165, 1.54) is 12.8 Å². The van der Waals surface area contributed by atoms with Crippen LogP contribution in [0.5, 0.6) is 11.6 Å². The summed E-state index contributed by atoms with van der Waals surface area (Å²) in [6, 6.07) is 13.2. The van der Waals surface area contributed by atoms with Gasteiger partial charge in [-0.05, 0) is 62.9 Å². The molecule has 1 aliphatic heterocycles. The molecular weight excluding hydrogens is 456 g/mol. The molecule has 1 saturated carbocycles. The van der Waals surface area contributed by atoms with Crippen LogP contribution in [-0.4, -0.2) is 65.2 Å². The SMILES string of the molecule is COc1ccc(Nc2cc(C)nc(N3CCN(C(=O)c4ccc(OC5CCCC5)nc4)CC3)n2)cc1. The molecule has 1 amide bonds. The molecule has 2 aromatic heterocycles. The van der Waals surface area contributed by atoms with Gasteiger partial charge in [-0.2, -0.15) is 4.98 Å². The van der Waals surface area contributed by atoms with Gasteiger partial charge in [-0.3, -0.25) is 4.79 Å². The van der Waals surface area contributed by atoms with Crippen LogP contribution in [0.2, 0.25) is 0 Å². The lowest BCUT2D eigenvalue weighted by Crippen LogP contribution is -2.49. The van der Waals surface area contributed by atoms with E-state index in [-0.39, 0.29) is 12.0 Å². The van der Waals surface area contributed by atoms with Crippen molar-refractivity contribution in [3.63, 3.8) is 0 Å². The molecule has 2 fully saturated rings. The summed E-state index contributed by atoms with van der Waals surface area (Å²) in [6.45, 7) is 4.47. The van der Waals surface area contributed by atoms with Crippen LogP contribution in [-0.2, 0) is 0 Å². The molecule has 9 heteroatoms. The molecule has 3 aromatic rings. The van der Waals surface area contributed by atoms with Gasteiger partial charge in [0, 0.05) is 55.9 Å². The van der Waals surface area contributed by atoms with E-state index in [9.17, 15) is 4.79 Å². The zero-order chi connectivity index (χ0) is 24.9. The number of ether oxygens (including phenoxy) is 2. The van der Waals surface area contributed by atoms with Crippen LogP contribution in [0, 0.1) is 6.92 Å². The number of benzene rings is 1.